The lowest BCUT2D eigenvalue weighted by Crippen LogP contribution is -2.44. The highest BCUT2D eigenvalue weighted by Gasteiger charge is 2.61. The maximum atomic E-state index is 13.9. The van der Waals surface area contributed by atoms with Crippen molar-refractivity contribution in [2.75, 3.05) is 11.4 Å². The van der Waals surface area contributed by atoms with Crippen LogP contribution in [0.4, 0.5) is 23.2 Å². The van der Waals surface area contributed by atoms with Crippen LogP contribution in [0.15, 0.2) is 36.7 Å². The van der Waals surface area contributed by atoms with Crippen LogP contribution in [0.2, 0.25) is 5.15 Å². The molecule has 10 heteroatoms. The molecule has 1 aromatic carbocycles. The molecule has 2 atom stereocenters. The van der Waals surface area contributed by atoms with Gasteiger partial charge in [0.25, 0.3) is 0 Å². The number of hydrogen-bond acceptors (Lipinski definition) is 3. The number of halogens is 5. The van der Waals surface area contributed by atoms with Crippen molar-refractivity contribution in [3.05, 3.63) is 58.5 Å². The third-order valence-electron chi connectivity index (χ3n) is 6.90. The normalized spacial score (nSPS) is 23.4. The van der Waals surface area contributed by atoms with Crippen molar-refractivity contribution in [2.45, 2.75) is 48.9 Å². The van der Waals surface area contributed by atoms with Gasteiger partial charge in [-0.25, -0.2) is 18.3 Å². The highest BCUT2D eigenvalue weighted by molar-refractivity contribution is 6.29. The van der Waals surface area contributed by atoms with Crippen molar-refractivity contribution in [1.29, 1.82) is 0 Å². The van der Waals surface area contributed by atoms with Gasteiger partial charge < -0.3 is 4.90 Å². The van der Waals surface area contributed by atoms with Crippen LogP contribution in [-0.4, -0.2) is 39.4 Å². The van der Waals surface area contributed by atoms with E-state index >= 15 is 0 Å². The molecule has 1 spiro atoms. The van der Waals surface area contributed by atoms with Gasteiger partial charge in [-0.15, -0.1) is 0 Å². The number of amides is 1. The molecule has 3 aliphatic rings. The quantitative estimate of drug-likeness (QED) is 0.503. The van der Waals surface area contributed by atoms with Gasteiger partial charge in [0.2, 0.25) is 5.91 Å². The smallest absolute Gasteiger partial charge is 0.305 e. The zero-order valence-corrected chi connectivity index (χ0v) is 17.4. The van der Waals surface area contributed by atoms with Gasteiger partial charge in [0.1, 0.15) is 5.15 Å². The largest absolute Gasteiger partial charge is 0.324 e. The van der Waals surface area contributed by atoms with Crippen LogP contribution in [0, 0.1) is 0 Å². The summed E-state index contributed by atoms with van der Waals surface area (Å²) in [7, 11) is 0. The van der Waals surface area contributed by atoms with Crippen LogP contribution in [0.3, 0.4) is 0 Å². The van der Waals surface area contributed by atoms with E-state index in [4.69, 9.17) is 11.6 Å². The number of rotatable bonds is 5. The number of imidazole rings is 1. The van der Waals surface area contributed by atoms with Crippen LogP contribution >= 0.6 is 11.6 Å². The molecule has 0 unspecified atom stereocenters. The number of aromatic nitrogens is 3. The molecule has 3 heterocycles. The molecule has 5 nitrogen and oxygen atoms in total. The summed E-state index contributed by atoms with van der Waals surface area (Å²) in [5, 5.41) is 4.52. The van der Waals surface area contributed by atoms with Gasteiger partial charge in [-0.2, -0.15) is 13.9 Å². The van der Waals surface area contributed by atoms with Gasteiger partial charge in [0, 0.05) is 23.6 Å². The lowest BCUT2D eigenvalue weighted by atomic mass is 9.95. The monoisotopic (exact) mass is 464 g/mol. The van der Waals surface area contributed by atoms with E-state index in [2.05, 4.69) is 10.1 Å². The molecule has 32 heavy (non-hydrogen) atoms. The standard InChI is InChI=1S/C22H17ClF4N4O/c23-17-9-14(18-28-5-6-31(18)29-17)13-8-12(13)11-1-2-15-16(7-11)30(10-22(26,27)19(24)25)20(32)21(15)3-4-21/h1-2,5-7,9,12-13,19H,3-4,8,10H2/t12-,13+/m1/s1. The molecule has 0 saturated heterocycles. The van der Waals surface area contributed by atoms with E-state index in [-0.39, 0.29) is 11.8 Å². The fourth-order valence-corrected chi connectivity index (χ4v) is 5.22. The fraction of sp³-hybridized carbons (Fsp3) is 0.409. The lowest BCUT2D eigenvalue weighted by Gasteiger charge is -2.24. The lowest BCUT2D eigenvalue weighted by molar-refractivity contribution is -0.131. The SMILES string of the molecule is O=C1N(CC(F)(F)C(F)F)c2cc([C@H]3C[C@@H]3c3cc(Cl)nn4ccnc34)ccc2C12CC2. The average molecular weight is 465 g/mol. The summed E-state index contributed by atoms with van der Waals surface area (Å²) in [5.74, 6) is -4.58. The number of alkyl halides is 4. The topological polar surface area (TPSA) is 50.5 Å². The summed E-state index contributed by atoms with van der Waals surface area (Å²) < 4.78 is 55.1. The molecule has 1 amide bonds. The predicted octanol–water partition coefficient (Wildman–Crippen LogP) is 4.93. The van der Waals surface area contributed by atoms with Gasteiger partial charge in [-0.1, -0.05) is 23.7 Å². The first-order chi connectivity index (χ1) is 15.2. The van der Waals surface area contributed by atoms with E-state index in [1.807, 2.05) is 6.07 Å². The molecule has 2 fully saturated rings. The average Bonchev–Trinajstić information content (AvgIpc) is 3.65. The van der Waals surface area contributed by atoms with E-state index < -0.39 is 30.2 Å². The number of benzene rings is 1. The van der Waals surface area contributed by atoms with Crippen molar-refractivity contribution >= 4 is 28.8 Å². The highest BCUT2D eigenvalue weighted by Crippen LogP contribution is 2.60. The van der Waals surface area contributed by atoms with Crippen molar-refractivity contribution in [2.24, 2.45) is 0 Å². The molecule has 2 aromatic heterocycles. The van der Waals surface area contributed by atoms with Crippen LogP contribution in [0.5, 0.6) is 0 Å². The van der Waals surface area contributed by atoms with Crippen molar-refractivity contribution in [1.82, 2.24) is 14.6 Å². The third-order valence-corrected chi connectivity index (χ3v) is 7.08. The first-order valence-electron chi connectivity index (χ1n) is 10.3. The summed E-state index contributed by atoms with van der Waals surface area (Å²) in [4.78, 5) is 18.1. The summed E-state index contributed by atoms with van der Waals surface area (Å²) in [6.07, 6.45) is 1.41. The Labute approximate surface area is 185 Å². The second-order valence-corrected chi connectivity index (χ2v) is 9.27. The molecular formula is C22H17ClF4N4O. The summed E-state index contributed by atoms with van der Waals surface area (Å²) in [6, 6.07) is 7.21. The minimum Gasteiger partial charge on any atom is -0.305 e. The van der Waals surface area contributed by atoms with Crippen LogP contribution in [0.1, 0.15) is 47.8 Å². The number of hydrogen-bond donors (Lipinski definition) is 0. The first-order valence-corrected chi connectivity index (χ1v) is 10.7. The molecule has 2 saturated carbocycles. The number of carbonyl (C=O) groups is 1. The zero-order valence-electron chi connectivity index (χ0n) is 16.6. The molecule has 3 aromatic rings. The Bertz CT molecular complexity index is 1270. The third kappa shape index (κ3) is 2.79. The number of carbonyl (C=O) groups excluding carboxylic acids is 1. The van der Waals surface area contributed by atoms with Crippen LogP contribution < -0.4 is 4.90 Å². The number of nitrogens with zero attached hydrogens (tertiary/aromatic N) is 4. The second-order valence-electron chi connectivity index (χ2n) is 8.88. The Morgan fingerprint density at radius 1 is 1.22 bits per heavy atom. The van der Waals surface area contributed by atoms with E-state index in [0.29, 0.717) is 34.9 Å². The molecule has 0 bridgehead atoms. The molecular weight excluding hydrogens is 448 g/mol. The Kier molecular flexibility index (Phi) is 4.01. The molecule has 2 aliphatic carbocycles. The number of anilines is 1. The van der Waals surface area contributed by atoms with Crippen LogP contribution in [0.25, 0.3) is 5.65 Å². The van der Waals surface area contributed by atoms with Gasteiger partial charge in [-0.05, 0) is 54.4 Å². The van der Waals surface area contributed by atoms with Gasteiger partial charge in [0.15, 0.2) is 5.65 Å². The summed E-state index contributed by atoms with van der Waals surface area (Å²) >= 11 is 6.15. The molecule has 1 aliphatic heterocycles. The second kappa shape index (κ2) is 6.43. The minimum atomic E-state index is -4.27. The fourth-order valence-electron chi connectivity index (χ4n) is 5.02. The molecule has 166 valence electrons. The van der Waals surface area contributed by atoms with Crippen molar-refractivity contribution in [3.63, 3.8) is 0 Å². The summed E-state index contributed by atoms with van der Waals surface area (Å²) in [5.41, 5.74) is 2.69. The minimum absolute atomic E-state index is 0.0857. The van der Waals surface area contributed by atoms with Crippen molar-refractivity contribution in [3.8, 4) is 0 Å². The first kappa shape index (κ1) is 20.0. The maximum Gasteiger partial charge on any atom is 0.324 e. The van der Waals surface area contributed by atoms with Gasteiger partial charge in [-0.3, -0.25) is 4.79 Å². The zero-order chi connectivity index (χ0) is 22.4. The van der Waals surface area contributed by atoms with Gasteiger partial charge >= 0.3 is 12.3 Å². The van der Waals surface area contributed by atoms with E-state index in [0.717, 1.165) is 22.4 Å². The Hall–Kier alpha value is -2.68. The molecule has 0 N–H and O–H groups in total. The number of fused-ring (bicyclic) bond motifs is 3. The molecule has 0 radical (unpaired) electrons. The molecule has 6 rings (SSSR count). The van der Waals surface area contributed by atoms with E-state index in [1.165, 1.54) is 0 Å². The maximum absolute atomic E-state index is 13.9. The predicted molar refractivity (Wildman–Crippen MR) is 109 cm³/mol. The van der Waals surface area contributed by atoms with Gasteiger partial charge in [0.05, 0.1) is 12.0 Å². The van der Waals surface area contributed by atoms with Crippen LogP contribution in [-0.2, 0) is 10.2 Å². The van der Waals surface area contributed by atoms with E-state index in [9.17, 15) is 22.4 Å². The van der Waals surface area contributed by atoms with Crippen molar-refractivity contribution < 1.29 is 22.4 Å². The Balaban J connectivity index is 1.35. The highest BCUT2D eigenvalue weighted by atomic mass is 35.5. The Morgan fingerprint density at radius 2 is 2.00 bits per heavy atom. The Morgan fingerprint density at radius 3 is 2.72 bits per heavy atom. The summed E-state index contributed by atoms with van der Waals surface area (Å²) in [6.45, 7) is -1.32. The van der Waals surface area contributed by atoms with E-state index in [1.54, 1.807) is 35.1 Å².